The molecule has 11 heteroatoms. The minimum atomic E-state index is -0.810. The number of imidazole rings is 1. The second kappa shape index (κ2) is 9.44. The van der Waals surface area contributed by atoms with Crippen LogP contribution in [0.2, 0.25) is 5.02 Å². The molecule has 1 aliphatic rings. The summed E-state index contributed by atoms with van der Waals surface area (Å²) in [5.74, 6) is -2.44. The van der Waals surface area contributed by atoms with Crippen molar-refractivity contribution < 1.29 is 23.5 Å². The van der Waals surface area contributed by atoms with E-state index in [0.29, 0.717) is 24.9 Å². The third kappa shape index (κ3) is 4.70. The first-order chi connectivity index (χ1) is 14.8. The lowest BCUT2D eigenvalue weighted by molar-refractivity contribution is -0.123. The molecule has 1 aliphatic carbocycles. The molecule has 31 heavy (non-hydrogen) atoms. The molecular weight excluding hydrogens is 429 g/mol. The molecule has 0 unspecified atom stereocenters. The lowest BCUT2D eigenvalue weighted by Gasteiger charge is -2.36. The minimum absolute atomic E-state index is 0.0584. The first kappa shape index (κ1) is 22.7. The number of carbonyl (C=O) groups excluding carboxylic acids is 3. The third-order valence-electron chi connectivity index (χ3n) is 5.45. The van der Waals surface area contributed by atoms with Gasteiger partial charge in [-0.15, -0.1) is 0 Å². The summed E-state index contributed by atoms with van der Waals surface area (Å²) in [5, 5.41) is 5.32. The Balaban J connectivity index is 1.79. The van der Waals surface area contributed by atoms with Crippen LogP contribution < -0.4 is 16.4 Å². The fraction of sp³-hybridized carbons (Fsp3) is 0.400. The highest BCUT2D eigenvalue weighted by atomic mass is 35.5. The standard InChI is InChI=1S/C20H23ClFN5O4/c1-24-20(30)17-16(18(23)28)25-9-27(17)14-6-3-10(7-15(14)31-2)19(29)26-13-5-4-11(22)8-12(13)21/h4-5,8-10,14-15H,3,6-7H2,1-2H3,(H2,23,28)(H,24,30)(H,26,29)/t10-,14-,15-/m0/s1. The van der Waals surface area contributed by atoms with Crippen molar-refractivity contribution in [1.29, 1.82) is 0 Å². The summed E-state index contributed by atoms with van der Waals surface area (Å²) in [7, 11) is 2.96. The molecule has 1 aromatic heterocycles. The summed E-state index contributed by atoms with van der Waals surface area (Å²) >= 11 is 6.00. The number of nitrogens with zero attached hydrogens (tertiary/aromatic N) is 2. The van der Waals surface area contributed by atoms with Gasteiger partial charge in [0.15, 0.2) is 5.69 Å². The summed E-state index contributed by atoms with van der Waals surface area (Å²) in [5.41, 5.74) is 5.62. The number of amides is 3. The Morgan fingerprint density at radius 2 is 2.06 bits per heavy atom. The summed E-state index contributed by atoms with van der Waals surface area (Å²) in [4.78, 5) is 40.8. The quantitative estimate of drug-likeness (QED) is 0.619. The molecule has 1 fully saturated rings. The van der Waals surface area contributed by atoms with E-state index < -0.39 is 23.7 Å². The Bertz CT molecular complexity index is 1010. The Labute approximate surface area is 183 Å². The number of rotatable bonds is 6. The molecule has 1 aromatic carbocycles. The van der Waals surface area contributed by atoms with Gasteiger partial charge in [-0.2, -0.15) is 0 Å². The van der Waals surface area contributed by atoms with E-state index in [4.69, 9.17) is 22.1 Å². The van der Waals surface area contributed by atoms with E-state index in [2.05, 4.69) is 15.6 Å². The highest BCUT2D eigenvalue weighted by molar-refractivity contribution is 6.33. The second-order valence-electron chi connectivity index (χ2n) is 7.26. The number of anilines is 1. The van der Waals surface area contributed by atoms with Crippen LogP contribution in [0.25, 0.3) is 0 Å². The molecular formula is C20H23ClFN5O4. The maximum Gasteiger partial charge on any atom is 0.270 e. The van der Waals surface area contributed by atoms with Gasteiger partial charge in [0.1, 0.15) is 11.5 Å². The van der Waals surface area contributed by atoms with Crippen molar-refractivity contribution >= 4 is 35.0 Å². The molecule has 0 spiro atoms. The van der Waals surface area contributed by atoms with Crippen LogP contribution in [-0.2, 0) is 9.53 Å². The van der Waals surface area contributed by atoms with Crippen LogP contribution >= 0.6 is 11.6 Å². The van der Waals surface area contributed by atoms with Gasteiger partial charge in [0, 0.05) is 20.1 Å². The van der Waals surface area contributed by atoms with Crippen LogP contribution in [-0.4, -0.2) is 47.5 Å². The molecule has 3 rings (SSSR count). The average Bonchev–Trinajstić information content (AvgIpc) is 3.19. The van der Waals surface area contributed by atoms with Gasteiger partial charge in [-0.1, -0.05) is 11.6 Å². The van der Waals surface area contributed by atoms with Crippen LogP contribution in [0.15, 0.2) is 24.5 Å². The Hall–Kier alpha value is -2.98. The minimum Gasteiger partial charge on any atom is -0.379 e. The number of ether oxygens (including phenoxy) is 1. The number of methoxy groups -OCH3 is 1. The predicted octanol–water partition coefficient (Wildman–Crippen LogP) is 2.13. The van der Waals surface area contributed by atoms with Gasteiger partial charge >= 0.3 is 0 Å². The molecule has 0 radical (unpaired) electrons. The number of carbonyl (C=O) groups is 3. The predicted molar refractivity (Wildman–Crippen MR) is 111 cm³/mol. The molecule has 1 saturated carbocycles. The number of hydrogen-bond acceptors (Lipinski definition) is 5. The second-order valence-corrected chi connectivity index (χ2v) is 7.66. The van der Waals surface area contributed by atoms with Crippen LogP contribution in [0, 0.1) is 11.7 Å². The summed E-state index contributed by atoms with van der Waals surface area (Å²) < 4.78 is 20.4. The van der Waals surface area contributed by atoms with Crippen LogP contribution in [0.1, 0.15) is 46.3 Å². The molecule has 0 aliphatic heterocycles. The zero-order chi connectivity index (χ0) is 22.7. The van der Waals surface area contributed by atoms with Crippen LogP contribution in [0.3, 0.4) is 0 Å². The Morgan fingerprint density at radius 3 is 2.68 bits per heavy atom. The highest BCUT2D eigenvalue weighted by Crippen LogP contribution is 2.36. The van der Waals surface area contributed by atoms with E-state index in [1.54, 1.807) is 4.57 Å². The number of halogens is 2. The first-order valence-electron chi connectivity index (χ1n) is 9.64. The third-order valence-corrected chi connectivity index (χ3v) is 5.76. The molecule has 9 nitrogen and oxygen atoms in total. The molecule has 0 saturated heterocycles. The van der Waals surface area contributed by atoms with Crippen molar-refractivity contribution in [3.63, 3.8) is 0 Å². The Kier molecular flexibility index (Phi) is 6.91. The van der Waals surface area contributed by atoms with Crippen molar-refractivity contribution in [3.8, 4) is 0 Å². The van der Waals surface area contributed by atoms with Gasteiger partial charge in [-0.25, -0.2) is 9.37 Å². The van der Waals surface area contributed by atoms with Crippen LogP contribution in [0.4, 0.5) is 10.1 Å². The van der Waals surface area contributed by atoms with E-state index >= 15 is 0 Å². The monoisotopic (exact) mass is 451 g/mol. The number of nitrogens with one attached hydrogen (secondary N) is 2. The summed E-state index contributed by atoms with van der Waals surface area (Å²) in [6, 6.07) is 3.42. The SMILES string of the molecule is CNC(=O)c1c(C(N)=O)ncn1[C@H]1CC[C@H](C(=O)Nc2ccc(F)cc2Cl)C[C@@H]1OC. The lowest BCUT2D eigenvalue weighted by Crippen LogP contribution is -2.39. The fourth-order valence-electron chi connectivity index (χ4n) is 3.88. The van der Waals surface area contributed by atoms with Crippen LogP contribution in [0.5, 0.6) is 0 Å². The lowest BCUT2D eigenvalue weighted by atomic mass is 9.83. The van der Waals surface area contributed by atoms with E-state index in [1.165, 1.54) is 32.6 Å². The van der Waals surface area contributed by atoms with Gasteiger partial charge in [0.25, 0.3) is 11.8 Å². The molecule has 3 amide bonds. The van der Waals surface area contributed by atoms with Gasteiger partial charge in [0.2, 0.25) is 5.91 Å². The summed E-state index contributed by atoms with van der Waals surface area (Å²) in [6.45, 7) is 0. The maximum atomic E-state index is 13.2. The highest BCUT2D eigenvalue weighted by Gasteiger charge is 2.37. The maximum absolute atomic E-state index is 13.2. The smallest absolute Gasteiger partial charge is 0.270 e. The number of aromatic nitrogens is 2. The molecule has 0 bridgehead atoms. The molecule has 166 valence electrons. The zero-order valence-electron chi connectivity index (χ0n) is 17.0. The van der Waals surface area contributed by atoms with Gasteiger partial charge in [-0.3, -0.25) is 14.4 Å². The molecule has 4 N–H and O–H groups in total. The number of primary amides is 1. The van der Waals surface area contributed by atoms with Crippen molar-refractivity contribution in [2.24, 2.45) is 11.7 Å². The van der Waals surface area contributed by atoms with Crippen molar-refractivity contribution in [3.05, 3.63) is 46.8 Å². The van der Waals surface area contributed by atoms with E-state index in [0.717, 1.165) is 6.07 Å². The largest absolute Gasteiger partial charge is 0.379 e. The Morgan fingerprint density at radius 1 is 1.32 bits per heavy atom. The normalized spacial score (nSPS) is 20.8. The summed E-state index contributed by atoms with van der Waals surface area (Å²) in [6.07, 6.45) is 2.31. The number of benzene rings is 1. The van der Waals surface area contributed by atoms with Crippen molar-refractivity contribution in [2.45, 2.75) is 31.4 Å². The van der Waals surface area contributed by atoms with E-state index in [1.807, 2.05) is 0 Å². The molecule has 3 atom stereocenters. The molecule has 2 aromatic rings. The van der Waals surface area contributed by atoms with Crippen molar-refractivity contribution in [2.75, 3.05) is 19.5 Å². The van der Waals surface area contributed by atoms with Gasteiger partial charge in [0.05, 0.1) is 29.2 Å². The van der Waals surface area contributed by atoms with Gasteiger partial charge < -0.3 is 25.7 Å². The average molecular weight is 452 g/mol. The first-order valence-corrected chi connectivity index (χ1v) is 10.0. The number of hydrogen-bond donors (Lipinski definition) is 3. The number of nitrogens with two attached hydrogens (primary N) is 1. The van der Waals surface area contributed by atoms with Gasteiger partial charge in [-0.05, 0) is 37.5 Å². The van der Waals surface area contributed by atoms with E-state index in [9.17, 15) is 18.8 Å². The zero-order valence-corrected chi connectivity index (χ0v) is 17.8. The van der Waals surface area contributed by atoms with Crippen molar-refractivity contribution in [1.82, 2.24) is 14.9 Å². The van der Waals surface area contributed by atoms with E-state index in [-0.39, 0.29) is 34.3 Å². The molecule has 1 heterocycles. The fourth-order valence-corrected chi connectivity index (χ4v) is 4.10. The topological polar surface area (TPSA) is 128 Å².